The van der Waals surface area contributed by atoms with Crippen LogP contribution < -0.4 is 5.32 Å². The summed E-state index contributed by atoms with van der Waals surface area (Å²) < 4.78 is 29.4. The Labute approximate surface area is 183 Å². The molecule has 4 rings (SSSR count). The predicted molar refractivity (Wildman–Crippen MR) is 115 cm³/mol. The van der Waals surface area contributed by atoms with Gasteiger partial charge in [0.2, 0.25) is 0 Å². The van der Waals surface area contributed by atoms with Crippen LogP contribution in [0.4, 0.5) is 20.4 Å². The van der Waals surface area contributed by atoms with E-state index in [2.05, 4.69) is 31.6 Å². The number of aromatic nitrogens is 6. The first kappa shape index (κ1) is 21.1. The lowest BCUT2D eigenvalue weighted by Crippen LogP contribution is -2.10. The Balaban J connectivity index is 1.71. The molecule has 32 heavy (non-hydrogen) atoms. The quantitative estimate of drug-likeness (QED) is 0.485. The number of hydrogen-bond acceptors (Lipinski definition) is 6. The Morgan fingerprint density at radius 2 is 1.81 bits per heavy atom. The largest absolute Gasteiger partial charge is 0.323 e. The number of rotatable bonds is 6. The second kappa shape index (κ2) is 8.55. The molecule has 0 aliphatic rings. The maximum absolute atomic E-state index is 13.2. The molecule has 0 aliphatic heterocycles. The van der Waals surface area contributed by atoms with Gasteiger partial charge >= 0.3 is 0 Å². The van der Waals surface area contributed by atoms with E-state index in [0.717, 1.165) is 11.4 Å². The highest BCUT2D eigenvalue weighted by Gasteiger charge is 2.19. The monoisotopic (exact) mass is 434 g/mol. The molecule has 4 aromatic rings. The third-order valence-electron chi connectivity index (χ3n) is 4.91. The van der Waals surface area contributed by atoms with E-state index < -0.39 is 13.0 Å². The van der Waals surface area contributed by atoms with Crippen LogP contribution in [-0.4, -0.2) is 36.0 Å². The summed E-state index contributed by atoms with van der Waals surface area (Å²) in [4.78, 5) is 8.51. The zero-order chi connectivity index (χ0) is 22.8. The summed E-state index contributed by atoms with van der Waals surface area (Å²) in [5.74, 6) is 1.44. The lowest BCUT2D eigenvalue weighted by atomic mass is 10.1. The van der Waals surface area contributed by atoms with Crippen molar-refractivity contribution in [1.82, 2.24) is 29.5 Å². The molecule has 8 nitrogen and oxygen atoms in total. The molecule has 0 spiro atoms. The van der Waals surface area contributed by atoms with E-state index >= 15 is 0 Å². The standard InChI is InChI=1S/C22H20F2N8/c1-13-8-14(2)32(29-13)20-9-19(26-12-27-20)28-22-15(3)21(31(30-22)11-18(23)24)17-6-4-16(10-25)5-7-17/h4-9,12,18H,11H2,1-3H3,(H,26,27,28,30). The van der Waals surface area contributed by atoms with E-state index in [1.54, 1.807) is 41.9 Å². The van der Waals surface area contributed by atoms with Crippen molar-refractivity contribution in [3.8, 4) is 23.1 Å². The van der Waals surface area contributed by atoms with Crippen LogP contribution in [0.1, 0.15) is 22.5 Å². The number of hydrogen-bond donors (Lipinski definition) is 1. The lowest BCUT2D eigenvalue weighted by Gasteiger charge is -2.08. The number of alkyl halides is 2. The Bertz CT molecular complexity index is 1300. The van der Waals surface area contributed by atoms with Gasteiger partial charge in [-0.1, -0.05) is 12.1 Å². The van der Waals surface area contributed by atoms with Crippen LogP contribution in [0.3, 0.4) is 0 Å². The van der Waals surface area contributed by atoms with Crippen LogP contribution in [0.2, 0.25) is 0 Å². The fourth-order valence-electron chi connectivity index (χ4n) is 3.51. The van der Waals surface area contributed by atoms with Gasteiger partial charge in [0.05, 0.1) is 23.0 Å². The summed E-state index contributed by atoms with van der Waals surface area (Å²) in [6.07, 6.45) is -1.17. The molecule has 0 atom stereocenters. The zero-order valence-corrected chi connectivity index (χ0v) is 17.7. The molecule has 0 radical (unpaired) electrons. The number of benzene rings is 1. The number of nitrogens with one attached hydrogen (secondary N) is 1. The van der Waals surface area contributed by atoms with Gasteiger partial charge in [-0.2, -0.15) is 15.5 Å². The minimum absolute atomic E-state index is 0.406. The van der Waals surface area contributed by atoms with Crippen molar-refractivity contribution in [2.75, 3.05) is 5.32 Å². The van der Waals surface area contributed by atoms with Gasteiger partial charge in [-0.25, -0.2) is 23.4 Å². The molecule has 0 bridgehead atoms. The molecule has 0 saturated heterocycles. The smallest absolute Gasteiger partial charge is 0.257 e. The third-order valence-corrected chi connectivity index (χ3v) is 4.91. The molecule has 10 heteroatoms. The van der Waals surface area contributed by atoms with E-state index in [9.17, 15) is 8.78 Å². The molecule has 1 aromatic carbocycles. The number of halogens is 2. The molecule has 1 N–H and O–H groups in total. The Kier molecular flexibility index (Phi) is 5.64. The van der Waals surface area contributed by atoms with Crippen LogP contribution in [0, 0.1) is 32.1 Å². The number of anilines is 2. The van der Waals surface area contributed by atoms with Gasteiger partial charge in [0.15, 0.2) is 11.6 Å². The van der Waals surface area contributed by atoms with E-state index in [0.29, 0.717) is 39.8 Å². The molecule has 0 amide bonds. The second-order valence-corrected chi connectivity index (χ2v) is 7.31. The molecular formula is C22H20F2N8. The van der Waals surface area contributed by atoms with Crippen molar-refractivity contribution in [1.29, 1.82) is 5.26 Å². The van der Waals surface area contributed by atoms with E-state index in [-0.39, 0.29) is 0 Å². The summed E-state index contributed by atoms with van der Waals surface area (Å²) in [6.45, 7) is 5.06. The van der Waals surface area contributed by atoms with Gasteiger partial charge < -0.3 is 5.32 Å². The Morgan fingerprint density at radius 3 is 2.44 bits per heavy atom. The summed E-state index contributed by atoms with van der Waals surface area (Å²) in [7, 11) is 0. The Hall–Kier alpha value is -4.13. The molecule has 3 heterocycles. The molecule has 0 fully saturated rings. The van der Waals surface area contributed by atoms with Crippen molar-refractivity contribution in [2.24, 2.45) is 0 Å². The highest BCUT2D eigenvalue weighted by Crippen LogP contribution is 2.31. The summed E-state index contributed by atoms with van der Waals surface area (Å²) in [5, 5.41) is 20.9. The first-order valence-electron chi connectivity index (χ1n) is 9.84. The van der Waals surface area contributed by atoms with Gasteiger partial charge in [0.1, 0.15) is 18.7 Å². The first-order chi connectivity index (χ1) is 15.4. The minimum atomic E-state index is -2.57. The maximum Gasteiger partial charge on any atom is 0.257 e. The number of nitrogens with zero attached hydrogens (tertiary/aromatic N) is 7. The van der Waals surface area contributed by atoms with Crippen molar-refractivity contribution in [3.05, 3.63) is 65.2 Å². The van der Waals surface area contributed by atoms with Crippen LogP contribution in [0.15, 0.2) is 42.7 Å². The fraction of sp³-hybridized carbons (Fsp3) is 0.227. The van der Waals surface area contributed by atoms with Crippen molar-refractivity contribution in [3.63, 3.8) is 0 Å². The zero-order valence-electron chi connectivity index (χ0n) is 17.7. The summed E-state index contributed by atoms with van der Waals surface area (Å²) in [5.41, 5.74) is 4.19. The topological polar surface area (TPSA) is 97.2 Å². The van der Waals surface area contributed by atoms with E-state index in [1.807, 2.05) is 19.9 Å². The van der Waals surface area contributed by atoms with Gasteiger partial charge in [-0.3, -0.25) is 4.68 Å². The van der Waals surface area contributed by atoms with Crippen LogP contribution >= 0.6 is 0 Å². The molecule has 0 aliphatic carbocycles. The highest BCUT2D eigenvalue weighted by atomic mass is 19.3. The predicted octanol–water partition coefficient (Wildman–Crippen LogP) is 4.33. The van der Waals surface area contributed by atoms with E-state index in [1.165, 1.54) is 11.0 Å². The molecular weight excluding hydrogens is 414 g/mol. The molecule has 0 saturated carbocycles. The van der Waals surface area contributed by atoms with Gasteiger partial charge in [0.25, 0.3) is 6.43 Å². The normalized spacial score (nSPS) is 11.0. The van der Waals surface area contributed by atoms with Gasteiger partial charge in [0, 0.05) is 22.9 Å². The van der Waals surface area contributed by atoms with Crippen molar-refractivity contribution >= 4 is 11.6 Å². The van der Waals surface area contributed by atoms with Crippen LogP contribution in [0.5, 0.6) is 0 Å². The SMILES string of the molecule is Cc1cc(C)n(-c2cc(Nc3nn(CC(F)F)c(-c4ccc(C#N)cc4)c3C)ncn2)n1. The average molecular weight is 434 g/mol. The van der Waals surface area contributed by atoms with Crippen LogP contribution in [-0.2, 0) is 6.54 Å². The summed E-state index contributed by atoms with van der Waals surface area (Å²) in [6, 6.07) is 12.4. The second-order valence-electron chi connectivity index (χ2n) is 7.31. The number of aryl methyl sites for hydroxylation is 2. The average Bonchev–Trinajstić information content (AvgIpc) is 3.25. The van der Waals surface area contributed by atoms with Gasteiger partial charge in [-0.15, -0.1) is 0 Å². The first-order valence-corrected chi connectivity index (χ1v) is 9.84. The fourth-order valence-corrected chi connectivity index (χ4v) is 3.51. The Morgan fingerprint density at radius 1 is 1.06 bits per heavy atom. The maximum atomic E-state index is 13.2. The minimum Gasteiger partial charge on any atom is -0.323 e. The lowest BCUT2D eigenvalue weighted by molar-refractivity contribution is 0.122. The molecule has 3 aromatic heterocycles. The summed E-state index contributed by atoms with van der Waals surface area (Å²) >= 11 is 0. The molecule has 0 unspecified atom stereocenters. The number of nitriles is 1. The highest BCUT2D eigenvalue weighted by molar-refractivity contribution is 5.72. The van der Waals surface area contributed by atoms with Crippen LogP contribution in [0.25, 0.3) is 17.1 Å². The van der Waals surface area contributed by atoms with E-state index in [4.69, 9.17) is 5.26 Å². The third kappa shape index (κ3) is 4.18. The van der Waals surface area contributed by atoms with Crippen molar-refractivity contribution in [2.45, 2.75) is 33.7 Å². The molecule has 162 valence electrons. The van der Waals surface area contributed by atoms with Crippen molar-refractivity contribution < 1.29 is 8.78 Å². The van der Waals surface area contributed by atoms with Gasteiger partial charge in [-0.05, 0) is 39.0 Å².